The van der Waals surface area contributed by atoms with Gasteiger partial charge >= 0.3 is 0 Å². The number of rotatable bonds is 5. The first-order valence-electron chi connectivity index (χ1n) is 6.59. The Balaban J connectivity index is 2.26. The minimum atomic E-state index is -4.00. The SMILES string of the molecule is CCCc1ccc(NS(=O)(=O)c2cc(N)ccc2F)cc1. The van der Waals surface area contributed by atoms with Gasteiger partial charge in [0.2, 0.25) is 0 Å². The topological polar surface area (TPSA) is 72.2 Å². The third-order valence-electron chi connectivity index (χ3n) is 2.99. The third-order valence-corrected chi connectivity index (χ3v) is 4.39. The molecule has 21 heavy (non-hydrogen) atoms. The van der Waals surface area contributed by atoms with E-state index in [4.69, 9.17) is 5.73 Å². The molecule has 2 aromatic carbocycles. The maximum absolute atomic E-state index is 13.7. The standard InChI is InChI=1S/C15H17FN2O2S/c1-2-3-11-4-7-13(8-5-11)18-21(19,20)15-10-12(17)6-9-14(15)16/h4-10,18H,2-3,17H2,1H3. The molecule has 2 rings (SSSR count). The number of halogens is 1. The predicted molar refractivity (Wildman–Crippen MR) is 82.1 cm³/mol. The predicted octanol–water partition coefficient (Wildman–Crippen LogP) is 3.16. The van der Waals surface area contributed by atoms with E-state index >= 15 is 0 Å². The fourth-order valence-corrected chi connectivity index (χ4v) is 3.14. The van der Waals surface area contributed by atoms with E-state index in [1.165, 1.54) is 6.07 Å². The minimum Gasteiger partial charge on any atom is -0.399 e. The van der Waals surface area contributed by atoms with Crippen molar-refractivity contribution in [1.29, 1.82) is 0 Å². The van der Waals surface area contributed by atoms with Gasteiger partial charge in [0.25, 0.3) is 10.0 Å². The monoisotopic (exact) mass is 308 g/mol. The average molecular weight is 308 g/mol. The van der Waals surface area contributed by atoms with Gasteiger partial charge < -0.3 is 5.73 Å². The first-order valence-corrected chi connectivity index (χ1v) is 8.07. The quantitative estimate of drug-likeness (QED) is 0.833. The highest BCUT2D eigenvalue weighted by Crippen LogP contribution is 2.21. The summed E-state index contributed by atoms with van der Waals surface area (Å²) in [7, 11) is -4.00. The van der Waals surface area contributed by atoms with Crippen molar-refractivity contribution < 1.29 is 12.8 Å². The summed E-state index contributed by atoms with van der Waals surface area (Å²) in [6.45, 7) is 2.07. The third kappa shape index (κ3) is 3.72. The van der Waals surface area contributed by atoms with E-state index in [1.807, 2.05) is 12.1 Å². The molecule has 0 atom stereocenters. The molecule has 0 unspecified atom stereocenters. The Morgan fingerprint density at radius 1 is 1.14 bits per heavy atom. The normalized spacial score (nSPS) is 11.3. The van der Waals surface area contributed by atoms with Gasteiger partial charge in [0.15, 0.2) is 0 Å². The van der Waals surface area contributed by atoms with Crippen LogP contribution < -0.4 is 10.5 Å². The molecule has 0 amide bonds. The van der Waals surface area contributed by atoms with Crippen LogP contribution >= 0.6 is 0 Å². The van der Waals surface area contributed by atoms with Crippen LogP contribution in [0.3, 0.4) is 0 Å². The minimum absolute atomic E-state index is 0.190. The molecule has 2 aromatic rings. The van der Waals surface area contributed by atoms with Crippen LogP contribution in [0.5, 0.6) is 0 Å². The van der Waals surface area contributed by atoms with E-state index in [1.54, 1.807) is 12.1 Å². The molecule has 0 heterocycles. The molecule has 0 saturated heterocycles. The summed E-state index contributed by atoms with van der Waals surface area (Å²) < 4.78 is 40.4. The Bertz CT molecular complexity index is 728. The Kier molecular flexibility index (Phi) is 4.47. The van der Waals surface area contributed by atoms with Gasteiger partial charge in [-0.2, -0.15) is 0 Å². The summed E-state index contributed by atoms with van der Waals surface area (Å²) in [6.07, 6.45) is 1.94. The zero-order valence-corrected chi connectivity index (χ0v) is 12.5. The highest BCUT2D eigenvalue weighted by atomic mass is 32.2. The van der Waals surface area contributed by atoms with Crippen molar-refractivity contribution >= 4 is 21.4 Å². The number of nitrogens with one attached hydrogen (secondary N) is 1. The lowest BCUT2D eigenvalue weighted by molar-refractivity contribution is 0.570. The molecule has 0 radical (unpaired) electrons. The van der Waals surface area contributed by atoms with Crippen LogP contribution in [0.1, 0.15) is 18.9 Å². The summed E-state index contributed by atoms with van der Waals surface area (Å²) in [5.74, 6) is -0.834. The number of hydrogen-bond donors (Lipinski definition) is 2. The molecule has 0 fully saturated rings. The molecule has 3 N–H and O–H groups in total. The summed E-state index contributed by atoms with van der Waals surface area (Å²) in [4.78, 5) is -0.458. The highest BCUT2D eigenvalue weighted by molar-refractivity contribution is 7.92. The fraction of sp³-hybridized carbons (Fsp3) is 0.200. The van der Waals surface area contributed by atoms with Gasteiger partial charge in [-0.15, -0.1) is 0 Å². The largest absolute Gasteiger partial charge is 0.399 e. The van der Waals surface area contributed by atoms with Crippen molar-refractivity contribution in [3.63, 3.8) is 0 Å². The van der Waals surface area contributed by atoms with E-state index in [2.05, 4.69) is 11.6 Å². The van der Waals surface area contributed by atoms with Crippen molar-refractivity contribution in [2.45, 2.75) is 24.7 Å². The fourth-order valence-electron chi connectivity index (χ4n) is 1.96. The number of aryl methyl sites for hydroxylation is 1. The van der Waals surface area contributed by atoms with Gasteiger partial charge in [0, 0.05) is 11.4 Å². The van der Waals surface area contributed by atoms with E-state index in [0.29, 0.717) is 5.69 Å². The molecule has 0 aliphatic carbocycles. The molecule has 112 valence electrons. The molecule has 0 aromatic heterocycles. The maximum atomic E-state index is 13.7. The zero-order valence-electron chi connectivity index (χ0n) is 11.6. The number of nitrogens with two attached hydrogens (primary N) is 1. The summed E-state index contributed by atoms with van der Waals surface area (Å²) in [5.41, 5.74) is 7.21. The molecule has 4 nitrogen and oxygen atoms in total. The van der Waals surface area contributed by atoms with Gasteiger partial charge in [-0.1, -0.05) is 25.5 Å². The van der Waals surface area contributed by atoms with Gasteiger partial charge in [0.05, 0.1) is 0 Å². The number of anilines is 2. The van der Waals surface area contributed by atoms with Crippen LogP contribution in [0.15, 0.2) is 47.4 Å². The number of nitrogen functional groups attached to an aromatic ring is 1. The first-order chi connectivity index (χ1) is 9.92. The second kappa shape index (κ2) is 6.13. The Morgan fingerprint density at radius 2 is 1.81 bits per heavy atom. The van der Waals surface area contributed by atoms with Crippen molar-refractivity contribution in [1.82, 2.24) is 0 Å². The van der Waals surface area contributed by atoms with Gasteiger partial charge in [-0.3, -0.25) is 4.72 Å². The number of sulfonamides is 1. The second-order valence-electron chi connectivity index (χ2n) is 4.74. The van der Waals surface area contributed by atoms with Crippen molar-refractivity contribution in [3.05, 3.63) is 53.8 Å². The zero-order chi connectivity index (χ0) is 15.5. The van der Waals surface area contributed by atoms with Crippen molar-refractivity contribution in [2.75, 3.05) is 10.5 Å². The molecule has 0 saturated carbocycles. The lowest BCUT2D eigenvalue weighted by Crippen LogP contribution is -2.15. The van der Waals surface area contributed by atoms with E-state index in [0.717, 1.165) is 30.5 Å². The molecule has 0 aliphatic heterocycles. The van der Waals surface area contributed by atoms with Crippen LogP contribution in [-0.2, 0) is 16.4 Å². The molecule has 0 spiro atoms. The molecular weight excluding hydrogens is 291 g/mol. The lowest BCUT2D eigenvalue weighted by atomic mass is 10.1. The lowest BCUT2D eigenvalue weighted by Gasteiger charge is -2.10. The molecular formula is C15H17FN2O2S. The Labute approximate surface area is 123 Å². The molecule has 0 bridgehead atoms. The first kappa shape index (κ1) is 15.3. The van der Waals surface area contributed by atoms with E-state index in [-0.39, 0.29) is 5.69 Å². The van der Waals surface area contributed by atoms with Crippen LogP contribution in [0.4, 0.5) is 15.8 Å². The highest BCUT2D eigenvalue weighted by Gasteiger charge is 2.19. The van der Waals surface area contributed by atoms with Gasteiger partial charge in [-0.25, -0.2) is 12.8 Å². The molecule has 0 aliphatic rings. The average Bonchev–Trinajstić information content (AvgIpc) is 2.43. The van der Waals surface area contributed by atoms with Gasteiger partial charge in [-0.05, 0) is 42.3 Å². The van der Waals surface area contributed by atoms with E-state index in [9.17, 15) is 12.8 Å². The smallest absolute Gasteiger partial charge is 0.264 e. The Hall–Kier alpha value is -2.08. The Morgan fingerprint density at radius 3 is 2.43 bits per heavy atom. The van der Waals surface area contributed by atoms with Crippen molar-refractivity contribution in [3.8, 4) is 0 Å². The van der Waals surface area contributed by atoms with E-state index < -0.39 is 20.7 Å². The van der Waals surface area contributed by atoms with Crippen molar-refractivity contribution in [2.24, 2.45) is 0 Å². The second-order valence-corrected chi connectivity index (χ2v) is 6.39. The van der Waals surface area contributed by atoms with Crippen LogP contribution in [0, 0.1) is 5.82 Å². The number of benzene rings is 2. The molecule has 6 heteroatoms. The summed E-state index contributed by atoms with van der Waals surface area (Å²) in [5, 5.41) is 0. The van der Waals surface area contributed by atoms with Crippen LogP contribution in [-0.4, -0.2) is 8.42 Å². The summed E-state index contributed by atoms with van der Waals surface area (Å²) in [6, 6.07) is 10.5. The van der Waals surface area contributed by atoms with Crippen LogP contribution in [0.2, 0.25) is 0 Å². The summed E-state index contributed by atoms with van der Waals surface area (Å²) >= 11 is 0. The maximum Gasteiger partial charge on any atom is 0.264 e. The van der Waals surface area contributed by atoms with Crippen LogP contribution in [0.25, 0.3) is 0 Å². The number of hydrogen-bond acceptors (Lipinski definition) is 3. The van der Waals surface area contributed by atoms with Gasteiger partial charge in [0.1, 0.15) is 10.7 Å².